The number of benzene rings is 2. The lowest BCUT2D eigenvalue weighted by molar-refractivity contribution is 0.521. The van der Waals surface area contributed by atoms with Gasteiger partial charge < -0.3 is 5.32 Å². The normalized spacial score (nSPS) is 12.7. The maximum Gasteiger partial charge on any atom is 0.130 e. The Hall–Kier alpha value is -1.74. The molecule has 0 aliphatic heterocycles. The zero-order chi connectivity index (χ0) is 15.4. The van der Waals surface area contributed by atoms with E-state index in [1.165, 1.54) is 17.7 Å². The molecule has 3 heteroatoms. The molecule has 2 rings (SSSR count). The SMILES string of the molecule is CNC(Cc1ccc(C(C)C)cc1)c1ccc(F)cc1F. The second-order valence-electron chi connectivity index (χ2n) is 5.61. The number of rotatable bonds is 5. The summed E-state index contributed by atoms with van der Waals surface area (Å²) in [5.74, 6) is -0.561. The van der Waals surface area contributed by atoms with Crippen molar-refractivity contribution >= 4 is 0 Å². The van der Waals surface area contributed by atoms with Gasteiger partial charge in [0.1, 0.15) is 11.6 Å². The third-order valence-electron chi connectivity index (χ3n) is 3.77. The van der Waals surface area contributed by atoms with Crippen LogP contribution in [0.15, 0.2) is 42.5 Å². The standard InChI is InChI=1S/C18H21F2N/c1-12(2)14-6-4-13(5-7-14)10-18(21-3)16-9-8-15(19)11-17(16)20/h4-9,11-12,18,21H,10H2,1-3H3. The van der Waals surface area contributed by atoms with Gasteiger partial charge in [0.2, 0.25) is 0 Å². The molecule has 112 valence electrons. The van der Waals surface area contributed by atoms with E-state index in [9.17, 15) is 8.78 Å². The Balaban J connectivity index is 2.18. The topological polar surface area (TPSA) is 12.0 Å². The second-order valence-corrected chi connectivity index (χ2v) is 5.61. The zero-order valence-corrected chi connectivity index (χ0v) is 12.7. The highest BCUT2D eigenvalue weighted by atomic mass is 19.1. The van der Waals surface area contributed by atoms with Gasteiger partial charge in [-0.2, -0.15) is 0 Å². The van der Waals surface area contributed by atoms with Gasteiger partial charge in [-0.15, -0.1) is 0 Å². The first-order valence-corrected chi connectivity index (χ1v) is 7.22. The molecule has 1 unspecified atom stereocenters. The Labute approximate surface area is 125 Å². The maximum absolute atomic E-state index is 13.9. The Morgan fingerprint density at radius 2 is 1.67 bits per heavy atom. The van der Waals surface area contributed by atoms with Crippen LogP contribution in [0.2, 0.25) is 0 Å². The summed E-state index contributed by atoms with van der Waals surface area (Å²) in [6.07, 6.45) is 0.664. The minimum atomic E-state index is -0.549. The molecule has 0 heterocycles. The van der Waals surface area contributed by atoms with Gasteiger partial charge in [0.15, 0.2) is 0 Å². The van der Waals surface area contributed by atoms with Crippen LogP contribution < -0.4 is 5.32 Å². The van der Waals surface area contributed by atoms with Crippen molar-refractivity contribution in [1.29, 1.82) is 0 Å². The van der Waals surface area contributed by atoms with Crippen molar-refractivity contribution in [3.05, 3.63) is 70.8 Å². The van der Waals surface area contributed by atoms with Crippen molar-refractivity contribution < 1.29 is 8.78 Å². The quantitative estimate of drug-likeness (QED) is 0.848. The van der Waals surface area contributed by atoms with Gasteiger partial charge in [-0.3, -0.25) is 0 Å². The average Bonchev–Trinajstić information content (AvgIpc) is 2.46. The molecule has 2 aromatic carbocycles. The molecule has 1 N–H and O–H groups in total. The van der Waals surface area contributed by atoms with Crippen molar-refractivity contribution in [1.82, 2.24) is 5.32 Å². The smallest absolute Gasteiger partial charge is 0.130 e. The molecule has 0 amide bonds. The van der Waals surface area contributed by atoms with E-state index in [1.807, 2.05) is 0 Å². The van der Waals surface area contributed by atoms with Crippen molar-refractivity contribution in [2.75, 3.05) is 7.05 Å². The van der Waals surface area contributed by atoms with E-state index in [4.69, 9.17) is 0 Å². The number of hydrogen-bond acceptors (Lipinski definition) is 1. The monoisotopic (exact) mass is 289 g/mol. The lowest BCUT2D eigenvalue weighted by atomic mass is 9.96. The molecule has 0 saturated carbocycles. The Kier molecular flexibility index (Phi) is 5.07. The van der Waals surface area contributed by atoms with E-state index in [0.29, 0.717) is 17.9 Å². The van der Waals surface area contributed by atoms with Gasteiger partial charge >= 0.3 is 0 Å². The van der Waals surface area contributed by atoms with E-state index in [1.54, 1.807) is 7.05 Å². The number of nitrogens with one attached hydrogen (secondary N) is 1. The molecular formula is C18H21F2N. The lowest BCUT2D eigenvalue weighted by Crippen LogP contribution is -2.20. The largest absolute Gasteiger partial charge is 0.313 e. The van der Waals surface area contributed by atoms with Gasteiger partial charge in [0.25, 0.3) is 0 Å². The third-order valence-corrected chi connectivity index (χ3v) is 3.77. The van der Waals surface area contributed by atoms with Gasteiger partial charge in [-0.05, 0) is 36.6 Å². The zero-order valence-electron chi connectivity index (χ0n) is 12.7. The third kappa shape index (κ3) is 3.88. The van der Waals surface area contributed by atoms with Crippen LogP contribution in [-0.4, -0.2) is 7.05 Å². The van der Waals surface area contributed by atoms with Gasteiger partial charge in [-0.1, -0.05) is 44.2 Å². The fourth-order valence-electron chi connectivity index (χ4n) is 2.43. The van der Waals surface area contributed by atoms with Crippen LogP contribution in [-0.2, 0) is 6.42 Å². The summed E-state index contributed by atoms with van der Waals surface area (Å²) in [6.45, 7) is 4.30. The fourth-order valence-corrected chi connectivity index (χ4v) is 2.43. The Morgan fingerprint density at radius 1 is 1.00 bits per heavy atom. The maximum atomic E-state index is 13.9. The molecule has 1 nitrogen and oxygen atoms in total. The predicted octanol–water partition coefficient (Wildman–Crippen LogP) is 4.59. The van der Waals surface area contributed by atoms with Crippen molar-refractivity contribution in [3.63, 3.8) is 0 Å². The van der Waals surface area contributed by atoms with Crippen LogP contribution in [0.3, 0.4) is 0 Å². The molecule has 0 saturated heterocycles. The molecule has 0 bridgehead atoms. The van der Waals surface area contributed by atoms with Crippen LogP contribution in [0, 0.1) is 11.6 Å². The molecule has 0 spiro atoms. The lowest BCUT2D eigenvalue weighted by Gasteiger charge is -2.18. The summed E-state index contributed by atoms with van der Waals surface area (Å²) in [5.41, 5.74) is 2.90. The number of likely N-dealkylation sites (N-methyl/N-ethyl adjacent to an activating group) is 1. The predicted molar refractivity (Wildman–Crippen MR) is 82.4 cm³/mol. The minimum Gasteiger partial charge on any atom is -0.313 e. The molecule has 0 aliphatic rings. The molecular weight excluding hydrogens is 268 g/mol. The van der Waals surface area contributed by atoms with E-state index in [2.05, 4.69) is 43.4 Å². The van der Waals surface area contributed by atoms with Crippen LogP contribution in [0.25, 0.3) is 0 Å². The fraction of sp³-hybridized carbons (Fsp3) is 0.333. The summed E-state index contributed by atoms with van der Waals surface area (Å²) in [6, 6.07) is 11.9. The van der Waals surface area contributed by atoms with Crippen LogP contribution >= 0.6 is 0 Å². The Morgan fingerprint density at radius 3 is 2.19 bits per heavy atom. The first-order chi connectivity index (χ1) is 10.0. The van der Waals surface area contributed by atoms with E-state index in [-0.39, 0.29) is 6.04 Å². The summed E-state index contributed by atoms with van der Waals surface area (Å²) in [4.78, 5) is 0. The molecule has 0 aliphatic carbocycles. The van der Waals surface area contributed by atoms with E-state index < -0.39 is 11.6 Å². The molecule has 0 radical (unpaired) electrons. The van der Waals surface area contributed by atoms with Crippen LogP contribution in [0.5, 0.6) is 0 Å². The van der Waals surface area contributed by atoms with E-state index in [0.717, 1.165) is 11.6 Å². The highest BCUT2D eigenvalue weighted by Crippen LogP contribution is 2.23. The van der Waals surface area contributed by atoms with Crippen LogP contribution in [0.4, 0.5) is 8.78 Å². The van der Waals surface area contributed by atoms with Gasteiger partial charge in [0.05, 0.1) is 0 Å². The number of halogens is 2. The molecule has 21 heavy (non-hydrogen) atoms. The number of hydrogen-bond donors (Lipinski definition) is 1. The van der Waals surface area contributed by atoms with Crippen molar-refractivity contribution in [3.8, 4) is 0 Å². The molecule has 0 fully saturated rings. The van der Waals surface area contributed by atoms with Gasteiger partial charge in [0, 0.05) is 17.7 Å². The molecule has 2 aromatic rings. The van der Waals surface area contributed by atoms with Crippen LogP contribution in [0.1, 0.15) is 42.5 Å². The highest BCUT2D eigenvalue weighted by Gasteiger charge is 2.15. The summed E-state index contributed by atoms with van der Waals surface area (Å²) < 4.78 is 26.9. The van der Waals surface area contributed by atoms with Crippen molar-refractivity contribution in [2.45, 2.75) is 32.2 Å². The molecule has 1 atom stereocenters. The average molecular weight is 289 g/mol. The second kappa shape index (κ2) is 6.81. The summed E-state index contributed by atoms with van der Waals surface area (Å²) >= 11 is 0. The van der Waals surface area contributed by atoms with Gasteiger partial charge in [-0.25, -0.2) is 8.78 Å². The minimum absolute atomic E-state index is 0.171. The Bertz CT molecular complexity index is 591. The molecule has 0 aromatic heterocycles. The summed E-state index contributed by atoms with van der Waals surface area (Å²) in [5, 5.41) is 3.10. The first-order valence-electron chi connectivity index (χ1n) is 7.22. The van der Waals surface area contributed by atoms with Crippen molar-refractivity contribution in [2.24, 2.45) is 0 Å². The van der Waals surface area contributed by atoms with E-state index >= 15 is 0 Å². The highest BCUT2D eigenvalue weighted by molar-refractivity contribution is 5.28. The first kappa shape index (κ1) is 15.6. The summed E-state index contributed by atoms with van der Waals surface area (Å²) in [7, 11) is 1.79.